The van der Waals surface area contributed by atoms with E-state index in [-0.39, 0.29) is 18.2 Å². The maximum absolute atomic E-state index is 13.0. The van der Waals surface area contributed by atoms with Gasteiger partial charge in [0.15, 0.2) is 0 Å². The molecule has 0 radical (unpaired) electrons. The number of aryl methyl sites for hydroxylation is 1. The number of H-pyrrole nitrogens is 1. The maximum atomic E-state index is 13.0. The van der Waals surface area contributed by atoms with Crippen molar-refractivity contribution in [3.05, 3.63) is 69.6 Å². The van der Waals surface area contributed by atoms with Gasteiger partial charge in [-0.2, -0.15) is 0 Å². The molecule has 4 rings (SSSR count). The van der Waals surface area contributed by atoms with Crippen LogP contribution < -0.4 is 5.32 Å². The minimum Gasteiger partial charge on any atom is -0.357 e. The summed E-state index contributed by atoms with van der Waals surface area (Å²) in [5, 5.41) is 4.95. The number of halogens is 3. The van der Waals surface area contributed by atoms with Crippen molar-refractivity contribution in [2.24, 2.45) is 0 Å². The number of benzene rings is 2. The molecule has 2 nitrogen and oxygen atoms in total. The Kier molecular flexibility index (Phi) is 5.28. The summed E-state index contributed by atoms with van der Waals surface area (Å²) in [5.74, 6) is -0.185. The van der Waals surface area contributed by atoms with E-state index in [4.69, 9.17) is 0 Å². The molecule has 5 heteroatoms. The second kappa shape index (κ2) is 7.26. The van der Waals surface area contributed by atoms with Crippen LogP contribution in [0.15, 0.2) is 46.9 Å². The first kappa shape index (κ1) is 17.5. The Labute approximate surface area is 155 Å². The van der Waals surface area contributed by atoms with Crippen LogP contribution in [0.25, 0.3) is 10.9 Å². The molecule has 0 amide bonds. The van der Waals surface area contributed by atoms with Gasteiger partial charge in [0.05, 0.1) is 0 Å². The first-order valence-electron chi connectivity index (χ1n) is 7.98. The largest absolute Gasteiger partial charge is 0.357 e. The van der Waals surface area contributed by atoms with Crippen LogP contribution >= 0.6 is 28.3 Å². The van der Waals surface area contributed by atoms with Crippen molar-refractivity contribution in [3.8, 4) is 0 Å². The number of fused-ring (bicyclic) bond motifs is 3. The number of rotatable bonds is 3. The standard InChI is InChI=1S/C19H18BrFN2.ClH/c20-13-6-9-17-16(10-13)15-2-1-3-18(19(15)23-17)22-11-12-4-7-14(21)8-5-12;/h4-10,18,22-23H,1-3,11H2;1H. The van der Waals surface area contributed by atoms with E-state index in [1.807, 2.05) is 12.1 Å². The van der Waals surface area contributed by atoms with Gasteiger partial charge in [-0.05, 0) is 60.7 Å². The summed E-state index contributed by atoms with van der Waals surface area (Å²) < 4.78 is 14.1. The molecule has 0 aliphatic heterocycles. The third kappa shape index (κ3) is 3.37. The molecule has 0 saturated heterocycles. The van der Waals surface area contributed by atoms with Crippen molar-refractivity contribution in [1.29, 1.82) is 0 Å². The van der Waals surface area contributed by atoms with E-state index in [0.29, 0.717) is 6.04 Å². The highest BCUT2D eigenvalue weighted by molar-refractivity contribution is 9.10. The zero-order chi connectivity index (χ0) is 15.8. The van der Waals surface area contributed by atoms with Crippen LogP contribution in [0.4, 0.5) is 4.39 Å². The number of hydrogen-bond acceptors (Lipinski definition) is 1. The minimum absolute atomic E-state index is 0. The molecule has 1 aliphatic carbocycles. The summed E-state index contributed by atoms with van der Waals surface area (Å²) in [6.45, 7) is 0.753. The first-order valence-corrected chi connectivity index (χ1v) is 8.78. The third-order valence-corrected chi connectivity index (χ3v) is 5.13. The molecule has 0 bridgehead atoms. The van der Waals surface area contributed by atoms with Gasteiger partial charge in [-0.3, -0.25) is 0 Å². The quantitative estimate of drug-likeness (QED) is 0.574. The molecule has 0 saturated carbocycles. The van der Waals surface area contributed by atoms with E-state index < -0.39 is 0 Å². The van der Waals surface area contributed by atoms with Gasteiger partial charge in [-0.1, -0.05) is 28.1 Å². The summed E-state index contributed by atoms with van der Waals surface area (Å²) in [7, 11) is 0. The highest BCUT2D eigenvalue weighted by Crippen LogP contribution is 2.35. The fraction of sp³-hybridized carbons (Fsp3) is 0.263. The fourth-order valence-corrected chi connectivity index (χ4v) is 3.84. The van der Waals surface area contributed by atoms with Crippen molar-refractivity contribution in [2.45, 2.75) is 31.8 Å². The predicted molar refractivity (Wildman–Crippen MR) is 102 cm³/mol. The van der Waals surface area contributed by atoms with E-state index in [0.717, 1.165) is 29.4 Å². The van der Waals surface area contributed by atoms with Crippen molar-refractivity contribution in [3.63, 3.8) is 0 Å². The molecule has 0 spiro atoms. The molecule has 1 unspecified atom stereocenters. The fourth-order valence-electron chi connectivity index (χ4n) is 3.48. The summed E-state index contributed by atoms with van der Waals surface area (Å²) in [4.78, 5) is 3.60. The van der Waals surface area contributed by atoms with Crippen LogP contribution in [0.3, 0.4) is 0 Å². The van der Waals surface area contributed by atoms with Crippen molar-refractivity contribution in [1.82, 2.24) is 10.3 Å². The van der Waals surface area contributed by atoms with Crippen molar-refractivity contribution in [2.75, 3.05) is 0 Å². The van der Waals surface area contributed by atoms with E-state index >= 15 is 0 Å². The average Bonchev–Trinajstić information content (AvgIpc) is 2.93. The lowest BCUT2D eigenvalue weighted by Crippen LogP contribution is -2.24. The number of aromatic nitrogens is 1. The van der Waals surface area contributed by atoms with Gasteiger partial charge >= 0.3 is 0 Å². The SMILES string of the molecule is Cl.Fc1ccc(CNC2CCCc3c2[nH]c2ccc(Br)cc32)cc1. The lowest BCUT2D eigenvalue weighted by atomic mass is 9.91. The van der Waals surface area contributed by atoms with Crippen molar-refractivity contribution < 1.29 is 4.39 Å². The van der Waals surface area contributed by atoms with Crippen LogP contribution in [0.1, 0.15) is 35.7 Å². The summed E-state index contributed by atoms with van der Waals surface area (Å²) in [5.41, 5.74) is 5.06. The van der Waals surface area contributed by atoms with Crippen molar-refractivity contribution >= 4 is 39.2 Å². The highest BCUT2D eigenvalue weighted by atomic mass is 79.9. The van der Waals surface area contributed by atoms with Gasteiger partial charge in [0.2, 0.25) is 0 Å². The van der Waals surface area contributed by atoms with Gasteiger partial charge in [-0.25, -0.2) is 4.39 Å². The van der Waals surface area contributed by atoms with Gasteiger partial charge in [0.25, 0.3) is 0 Å². The zero-order valence-electron chi connectivity index (χ0n) is 13.1. The molecule has 1 atom stereocenters. The molecular formula is C19H19BrClFN2. The summed E-state index contributed by atoms with van der Waals surface area (Å²) in [6.07, 6.45) is 3.44. The third-order valence-electron chi connectivity index (χ3n) is 4.64. The average molecular weight is 410 g/mol. The summed E-state index contributed by atoms with van der Waals surface area (Å²) in [6, 6.07) is 13.5. The van der Waals surface area contributed by atoms with Crippen LogP contribution in [0, 0.1) is 5.82 Å². The molecule has 2 aromatic carbocycles. The monoisotopic (exact) mass is 408 g/mol. The molecule has 24 heavy (non-hydrogen) atoms. The molecule has 3 aromatic rings. The van der Waals surface area contributed by atoms with E-state index in [9.17, 15) is 4.39 Å². The van der Waals surface area contributed by atoms with E-state index in [2.05, 4.69) is 44.4 Å². The molecule has 1 aliphatic rings. The Balaban J connectivity index is 0.00000169. The van der Waals surface area contributed by atoms with E-state index in [1.54, 1.807) is 0 Å². The Morgan fingerprint density at radius 3 is 2.75 bits per heavy atom. The maximum Gasteiger partial charge on any atom is 0.123 e. The number of hydrogen-bond donors (Lipinski definition) is 2. The van der Waals surface area contributed by atoms with E-state index in [1.165, 1.54) is 40.7 Å². The lowest BCUT2D eigenvalue weighted by Gasteiger charge is -2.24. The van der Waals surface area contributed by atoms with Gasteiger partial charge in [0, 0.05) is 33.7 Å². The first-order chi connectivity index (χ1) is 11.2. The van der Waals surface area contributed by atoms with Gasteiger partial charge < -0.3 is 10.3 Å². The molecule has 2 N–H and O–H groups in total. The Hall–Kier alpha value is -1.36. The molecule has 1 aromatic heterocycles. The van der Waals surface area contributed by atoms with Crippen LogP contribution in [0.5, 0.6) is 0 Å². The molecular weight excluding hydrogens is 391 g/mol. The van der Waals surface area contributed by atoms with Crippen LogP contribution in [0.2, 0.25) is 0 Å². The number of nitrogens with one attached hydrogen (secondary N) is 2. The lowest BCUT2D eigenvalue weighted by molar-refractivity contribution is 0.452. The highest BCUT2D eigenvalue weighted by Gasteiger charge is 2.23. The van der Waals surface area contributed by atoms with Gasteiger partial charge in [0.1, 0.15) is 5.82 Å². The normalized spacial score (nSPS) is 16.7. The minimum atomic E-state index is -0.185. The Morgan fingerprint density at radius 1 is 1.17 bits per heavy atom. The summed E-state index contributed by atoms with van der Waals surface area (Å²) >= 11 is 3.57. The molecule has 0 fully saturated rings. The second-order valence-corrected chi connectivity index (χ2v) is 7.07. The van der Waals surface area contributed by atoms with Gasteiger partial charge in [-0.15, -0.1) is 12.4 Å². The predicted octanol–water partition coefficient (Wildman–Crippen LogP) is 5.66. The second-order valence-electron chi connectivity index (χ2n) is 6.16. The molecule has 126 valence electrons. The smallest absolute Gasteiger partial charge is 0.123 e. The Bertz CT molecular complexity index is 844. The van der Waals surface area contributed by atoms with Crippen LogP contribution in [-0.4, -0.2) is 4.98 Å². The number of aromatic amines is 1. The molecule has 1 heterocycles. The topological polar surface area (TPSA) is 27.8 Å². The van der Waals surface area contributed by atoms with Crippen LogP contribution in [-0.2, 0) is 13.0 Å². The Morgan fingerprint density at radius 2 is 1.96 bits per heavy atom. The zero-order valence-corrected chi connectivity index (χ0v) is 15.5.